The van der Waals surface area contributed by atoms with Gasteiger partial charge in [0, 0.05) is 25.0 Å². The lowest BCUT2D eigenvalue weighted by Gasteiger charge is -2.30. The Bertz CT molecular complexity index is 1230. The minimum Gasteiger partial charge on any atom is -0.494 e. The third-order valence-electron chi connectivity index (χ3n) is 6.45. The summed E-state index contributed by atoms with van der Waals surface area (Å²) >= 11 is 0. The zero-order valence-corrected chi connectivity index (χ0v) is 19.1. The predicted molar refractivity (Wildman–Crippen MR) is 124 cm³/mol. The van der Waals surface area contributed by atoms with Crippen LogP contribution in [0.2, 0.25) is 0 Å². The van der Waals surface area contributed by atoms with E-state index in [4.69, 9.17) is 15.7 Å². The number of benzene rings is 2. The molecule has 0 spiro atoms. The van der Waals surface area contributed by atoms with Crippen LogP contribution in [-0.2, 0) is 11.2 Å². The molecule has 0 saturated carbocycles. The van der Waals surface area contributed by atoms with Crippen molar-refractivity contribution in [2.45, 2.75) is 32.2 Å². The van der Waals surface area contributed by atoms with Crippen LogP contribution in [0.15, 0.2) is 52.7 Å². The number of aliphatic imine (C=N–C) groups is 1. The number of piperidine rings is 1. The summed E-state index contributed by atoms with van der Waals surface area (Å²) in [6.45, 7) is 2.90. The molecule has 0 radical (unpaired) electrons. The number of nitrogens with two attached hydrogens (primary N) is 1. The second kappa shape index (κ2) is 9.74. The van der Waals surface area contributed by atoms with E-state index in [1.165, 1.54) is 25.3 Å². The highest BCUT2D eigenvalue weighted by atomic mass is 19.1. The lowest BCUT2D eigenvalue weighted by atomic mass is 9.86. The Balaban J connectivity index is 1.72. The van der Waals surface area contributed by atoms with Crippen molar-refractivity contribution in [2.75, 3.05) is 20.2 Å². The van der Waals surface area contributed by atoms with E-state index in [0.717, 1.165) is 18.4 Å². The van der Waals surface area contributed by atoms with Crippen molar-refractivity contribution < 1.29 is 18.3 Å². The number of ether oxygens (including phenoxy) is 1. The van der Waals surface area contributed by atoms with Crippen LogP contribution in [0, 0.1) is 28.9 Å². The van der Waals surface area contributed by atoms with Gasteiger partial charge in [0.05, 0.1) is 18.4 Å². The van der Waals surface area contributed by atoms with Gasteiger partial charge in [0.25, 0.3) is 5.91 Å². The second-order valence-corrected chi connectivity index (χ2v) is 8.71. The van der Waals surface area contributed by atoms with Crippen LogP contribution < -0.4 is 10.5 Å². The summed E-state index contributed by atoms with van der Waals surface area (Å²) in [7, 11) is 1.40. The van der Waals surface area contributed by atoms with Crippen molar-refractivity contribution in [3.05, 3.63) is 76.0 Å². The molecule has 0 bridgehead atoms. The number of halogens is 2. The fraction of sp³-hybridized carbons (Fsp3) is 0.346. The van der Waals surface area contributed by atoms with Crippen molar-refractivity contribution in [1.82, 2.24) is 4.90 Å². The van der Waals surface area contributed by atoms with Gasteiger partial charge in [-0.05, 0) is 67.2 Å². The Kier molecular flexibility index (Phi) is 6.75. The van der Waals surface area contributed by atoms with Crippen LogP contribution in [0.4, 0.5) is 8.78 Å². The predicted octanol–water partition coefficient (Wildman–Crippen LogP) is 3.73. The minimum atomic E-state index is -0.656. The number of nitrogens with zero attached hydrogens (tertiary/aromatic N) is 3. The Labute approximate surface area is 197 Å². The van der Waals surface area contributed by atoms with Gasteiger partial charge in [0.15, 0.2) is 11.6 Å². The number of likely N-dealkylation sites (tertiary alicyclic amines) is 1. The highest BCUT2D eigenvalue weighted by Gasteiger charge is 2.34. The Morgan fingerprint density at radius 2 is 2.06 bits per heavy atom. The van der Waals surface area contributed by atoms with Crippen molar-refractivity contribution in [1.29, 1.82) is 5.26 Å². The molecular formula is C26H26F2N4O2. The number of allylic oxidation sites excluding steroid dienone is 1. The van der Waals surface area contributed by atoms with Gasteiger partial charge < -0.3 is 15.4 Å². The SMILES string of the molecule is COc1ccc(CC2C(c3ccc(C#N)c(F)c3)=NC(C(=O)N3CCC[C@H](N)C3)=C2C)cc1F. The van der Waals surface area contributed by atoms with Crippen LogP contribution in [0.1, 0.15) is 36.5 Å². The molecule has 2 heterocycles. The fourth-order valence-electron chi connectivity index (χ4n) is 4.57. The summed E-state index contributed by atoms with van der Waals surface area (Å²) in [6.07, 6.45) is 2.06. The monoisotopic (exact) mass is 464 g/mol. The van der Waals surface area contributed by atoms with Gasteiger partial charge in [-0.2, -0.15) is 5.26 Å². The van der Waals surface area contributed by atoms with E-state index in [0.29, 0.717) is 42.0 Å². The molecule has 2 atom stereocenters. The van der Waals surface area contributed by atoms with E-state index >= 15 is 0 Å². The molecule has 34 heavy (non-hydrogen) atoms. The van der Waals surface area contributed by atoms with Gasteiger partial charge in [-0.1, -0.05) is 12.1 Å². The lowest BCUT2D eigenvalue weighted by molar-refractivity contribution is -0.128. The summed E-state index contributed by atoms with van der Waals surface area (Å²) in [6, 6.07) is 10.7. The van der Waals surface area contributed by atoms with Crippen LogP contribution >= 0.6 is 0 Å². The first-order valence-corrected chi connectivity index (χ1v) is 11.2. The van der Waals surface area contributed by atoms with Crippen molar-refractivity contribution >= 4 is 11.6 Å². The molecule has 6 nitrogen and oxygen atoms in total. The maximum Gasteiger partial charge on any atom is 0.272 e. The van der Waals surface area contributed by atoms with Crippen LogP contribution in [0.25, 0.3) is 0 Å². The average Bonchev–Trinajstić information content (AvgIpc) is 3.14. The molecule has 176 valence electrons. The standard InChI is InChI=1S/C26H26F2N4O2/c1-15-20(10-16-5-8-23(34-2)22(28)11-16)25(17-6-7-18(13-29)21(27)12-17)31-24(15)26(33)32-9-3-4-19(30)14-32/h5-8,11-12,19-20H,3-4,9-10,14,30H2,1-2H3/t19-,20?/m0/s1. The molecular weight excluding hydrogens is 438 g/mol. The maximum absolute atomic E-state index is 14.4. The number of methoxy groups -OCH3 is 1. The van der Waals surface area contributed by atoms with E-state index in [-0.39, 0.29) is 29.2 Å². The normalized spacial score (nSPS) is 20.2. The Morgan fingerprint density at radius 1 is 1.26 bits per heavy atom. The Hall–Kier alpha value is -3.57. The third-order valence-corrected chi connectivity index (χ3v) is 6.45. The smallest absolute Gasteiger partial charge is 0.272 e. The van der Waals surface area contributed by atoms with Crippen molar-refractivity contribution in [2.24, 2.45) is 16.6 Å². The first-order valence-electron chi connectivity index (χ1n) is 11.2. The molecule has 2 aromatic rings. The van der Waals surface area contributed by atoms with Gasteiger partial charge >= 0.3 is 0 Å². The summed E-state index contributed by atoms with van der Waals surface area (Å²) in [5.74, 6) is -1.57. The summed E-state index contributed by atoms with van der Waals surface area (Å²) in [5, 5.41) is 9.08. The van der Waals surface area contributed by atoms with Gasteiger partial charge in [0.1, 0.15) is 17.6 Å². The number of hydrogen-bond donors (Lipinski definition) is 1. The molecule has 0 aromatic heterocycles. The van der Waals surface area contributed by atoms with Gasteiger partial charge in [-0.15, -0.1) is 0 Å². The maximum atomic E-state index is 14.4. The van der Waals surface area contributed by atoms with Gasteiger partial charge in [-0.25, -0.2) is 13.8 Å². The first-order chi connectivity index (χ1) is 16.3. The number of amides is 1. The molecule has 2 N–H and O–H groups in total. The van der Waals surface area contributed by atoms with Crippen molar-refractivity contribution in [3.63, 3.8) is 0 Å². The lowest BCUT2D eigenvalue weighted by Crippen LogP contribution is -2.46. The van der Waals surface area contributed by atoms with Gasteiger partial charge in [0.2, 0.25) is 0 Å². The summed E-state index contributed by atoms with van der Waals surface area (Å²) in [5.41, 5.74) is 8.73. The first kappa shape index (κ1) is 23.6. The molecule has 2 aliphatic rings. The fourth-order valence-corrected chi connectivity index (χ4v) is 4.57. The Morgan fingerprint density at radius 3 is 2.71 bits per heavy atom. The molecule has 2 aromatic carbocycles. The quantitative estimate of drug-likeness (QED) is 0.730. The minimum absolute atomic E-state index is 0.0700. The highest BCUT2D eigenvalue weighted by Crippen LogP contribution is 2.34. The highest BCUT2D eigenvalue weighted by molar-refractivity contribution is 6.11. The zero-order valence-electron chi connectivity index (χ0n) is 19.1. The largest absolute Gasteiger partial charge is 0.494 e. The molecule has 0 aliphatic carbocycles. The van der Waals surface area contributed by atoms with Crippen LogP contribution in [0.3, 0.4) is 0 Å². The molecule has 1 fully saturated rings. The molecule has 4 rings (SSSR count). The number of carbonyl (C=O) groups excluding carboxylic acids is 1. The van der Waals surface area contributed by atoms with Crippen LogP contribution in [-0.4, -0.2) is 42.8 Å². The van der Waals surface area contributed by atoms with E-state index < -0.39 is 11.6 Å². The van der Waals surface area contributed by atoms with E-state index in [1.54, 1.807) is 23.1 Å². The van der Waals surface area contributed by atoms with Crippen molar-refractivity contribution in [3.8, 4) is 11.8 Å². The average molecular weight is 465 g/mol. The molecule has 1 amide bonds. The van der Waals surface area contributed by atoms with Gasteiger partial charge in [-0.3, -0.25) is 4.79 Å². The van der Waals surface area contributed by atoms with Crippen LogP contribution in [0.5, 0.6) is 5.75 Å². The number of hydrogen-bond acceptors (Lipinski definition) is 5. The molecule has 8 heteroatoms. The number of carbonyl (C=O) groups is 1. The van der Waals surface area contributed by atoms with E-state index in [1.807, 2.05) is 13.0 Å². The number of nitriles is 1. The van der Waals surface area contributed by atoms with E-state index in [9.17, 15) is 13.6 Å². The molecule has 1 saturated heterocycles. The second-order valence-electron chi connectivity index (χ2n) is 8.71. The third kappa shape index (κ3) is 4.57. The van der Waals surface area contributed by atoms with E-state index in [2.05, 4.69) is 4.99 Å². The summed E-state index contributed by atoms with van der Waals surface area (Å²) in [4.78, 5) is 19.7. The topological polar surface area (TPSA) is 91.7 Å². The summed E-state index contributed by atoms with van der Waals surface area (Å²) < 4.78 is 33.8. The number of rotatable bonds is 5. The zero-order chi connectivity index (χ0) is 24.4. The molecule has 1 unspecified atom stereocenters. The molecule has 2 aliphatic heterocycles.